The summed E-state index contributed by atoms with van der Waals surface area (Å²) in [7, 11) is 1.58. The van der Waals surface area contributed by atoms with E-state index in [1.165, 1.54) is 4.90 Å². The number of nitrogens with two attached hydrogens (primary N) is 1. The minimum Gasteiger partial charge on any atom is -0.369 e. The molecule has 8 nitrogen and oxygen atoms in total. The third kappa shape index (κ3) is 3.54. The highest BCUT2D eigenvalue weighted by molar-refractivity contribution is 6.41. The number of ketones is 2. The normalized spacial score (nSPS) is 23.5. The molecule has 1 aromatic rings. The van der Waals surface area contributed by atoms with Crippen molar-refractivity contribution >= 4 is 29.1 Å². The van der Waals surface area contributed by atoms with Crippen molar-refractivity contribution in [3.63, 3.8) is 0 Å². The monoisotopic (exact) mass is 355 g/mol. The average molecular weight is 355 g/mol. The standard InChI is InChI=1S/C18H21N5O3/c1-18(9-16(26)23(2)17(19)22-18)15-8-11(5-6-20-15)7-14(25)13-4-3-12(24)10-21-13/h5-6,8H,3-4,7,9-10H2,1-2H3,(H2,19,22). The predicted octanol–water partition coefficient (Wildman–Crippen LogP) is 0.389. The molecule has 0 radical (unpaired) electrons. The van der Waals surface area contributed by atoms with Crippen molar-refractivity contribution in [3.8, 4) is 0 Å². The smallest absolute Gasteiger partial charge is 0.231 e. The first-order valence-electron chi connectivity index (χ1n) is 8.44. The number of guanidine groups is 1. The van der Waals surface area contributed by atoms with Crippen LogP contribution >= 0.6 is 0 Å². The molecule has 1 unspecified atom stereocenters. The SMILES string of the molecule is CN1C(=O)CC(C)(c2cc(CC(=O)C3=NCC(=O)CC3)ccn2)N=C1N. The zero-order valence-corrected chi connectivity index (χ0v) is 14.9. The van der Waals surface area contributed by atoms with Crippen molar-refractivity contribution in [1.82, 2.24) is 9.88 Å². The van der Waals surface area contributed by atoms with Gasteiger partial charge in [0.2, 0.25) is 5.91 Å². The summed E-state index contributed by atoms with van der Waals surface area (Å²) < 4.78 is 0. The lowest BCUT2D eigenvalue weighted by atomic mass is 9.90. The molecular formula is C18H21N5O3. The third-order valence-electron chi connectivity index (χ3n) is 4.72. The molecule has 2 aliphatic heterocycles. The van der Waals surface area contributed by atoms with E-state index in [0.717, 1.165) is 5.56 Å². The summed E-state index contributed by atoms with van der Waals surface area (Å²) >= 11 is 0. The van der Waals surface area contributed by atoms with E-state index in [9.17, 15) is 14.4 Å². The summed E-state index contributed by atoms with van der Waals surface area (Å²) in [5, 5.41) is 0. The molecule has 0 saturated heterocycles. The van der Waals surface area contributed by atoms with Crippen LogP contribution in [0.2, 0.25) is 0 Å². The molecule has 2 aliphatic rings. The Labute approximate surface area is 151 Å². The molecule has 2 N–H and O–H groups in total. The van der Waals surface area contributed by atoms with Gasteiger partial charge in [-0.1, -0.05) is 0 Å². The number of Topliss-reactive ketones (excluding diaryl/α,β-unsaturated/α-hetero) is 2. The molecule has 1 amide bonds. The van der Waals surface area contributed by atoms with Gasteiger partial charge in [-0.3, -0.25) is 29.3 Å². The molecule has 136 valence electrons. The lowest BCUT2D eigenvalue weighted by Crippen LogP contribution is -2.47. The first-order chi connectivity index (χ1) is 12.3. The van der Waals surface area contributed by atoms with Gasteiger partial charge in [0, 0.05) is 26.1 Å². The Balaban J connectivity index is 1.82. The van der Waals surface area contributed by atoms with Crippen LogP contribution in [0.25, 0.3) is 0 Å². The fraction of sp³-hybridized carbons (Fsp3) is 0.444. The number of aliphatic imine (C=N–C) groups is 2. The third-order valence-corrected chi connectivity index (χ3v) is 4.72. The number of hydrogen-bond acceptors (Lipinski definition) is 7. The van der Waals surface area contributed by atoms with E-state index in [0.29, 0.717) is 24.2 Å². The van der Waals surface area contributed by atoms with Gasteiger partial charge >= 0.3 is 0 Å². The molecule has 0 bridgehead atoms. The van der Waals surface area contributed by atoms with Crippen LogP contribution in [0.15, 0.2) is 28.3 Å². The van der Waals surface area contributed by atoms with Crippen LogP contribution in [0.3, 0.4) is 0 Å². The van der Waals surface area contributed by atoms with E-state index in [2.05, 4.69) is 15.0 Å². The Kier molecular flexibility index (Phi) is 4.67. The maximum absolute atomic E-state index is 12.4. The van der Waals surface area contributed by atoms with Crippen LogP contribution in [-0.4, -0.2) is 52.6 Å². The van der Waals surface area contributed by atoms with Crippen LogP contribution in [0, 0.1) is 0 Å². The Morgan fingerprint density at radius 2 is 2.12 bits per heavy atom. The molecule has 0 aliphatic carbocycles. The molecule has 0 saturated carbocycles. The van der Waals surface area contributed by atoms with E-state index in [1.807, 2.05) is 0 Å². The summed E-state index contributed by atoms with van der Waals surface area (Å²) in [4.78, 5) is 49.9. The molecule has 8 heteroatoms. The molecule has 1 atom stereocenters. The van der Waals surface area contributed by atoms with Crippen molar-refractivity contribution < 1.29 is 14.4 Å². The fourth-order valence-electron chi connectivity index (χ4n) is 3.05. The van der Waals surface area contributed by atoms with Crippen molar-refractivity contribution in [3.05, 3.63) is 29.6 Å². The van der Waals surface area contributed by atoms with Crippen LogP contribution in [-0.2, 0) is 26.3 Å². The summed E-state index contributed by atoms with van der Waals surface area (Å²) in [5.74, 6) is -0.0249. The van der Waals surface area contributed by atoms with E-state index in [1.54, 1.807) is 32.3 Å². The molecular weight excluding hydrogens is 334 g/mol. The van der Waals surface area contributed by atoms with Crippen LogP contribution < -0.4 is 5.73 Å². The van der Waals surface area contributed by atoms with E-state index >= 15 is 0 Å². The Hall–Kier alpha value is -2.90. The molecule has 26 heavy (non-hydrogen) atoms. The van der Waals surface area contributed by atoms with Crippen molar-refractivity contribution in [2.75, 3.05) is 13.6 Å². The van der Waals surface area contributed by atoms with Crippen LogP contribution in [0.5, 0.6) is 0 Å². The number of aromatic nitrogens is 1. The van der Waals surface area contributed by atoms with E-state index in [4.69, 9.17) is 5.73 Å². The average Bonchev–Trinajstić information content (AvgIpc) is 2.60. The maximum Gasteiger partial charge on any atom is 0.231 e. The summed E-state index contributed by atoms with van der Waals surface area (Å²) in [6, 6.07) is 3.53. The lowest BCUT2D eigenvalue weighted by molar-refractivity contribution is -0.128. The van der Waals surface area contributed by atoms with Gasteiger partial charge in [0.25, 0.3) is 0 Å². The Morgan fingerprint density at radius 3 is 2.77 bits per heavy atom. The van der Waals surface area contributed by atoms with Gasteiger partial charge in [-0.25, -0.2) is 4.99 Å². The number of amides is 1. The number of hydrogen-bond donors (Lipinski definition) is 1. The quantitative estimate of drug-likeness (QED) is 0.838. The predicted molar refractivity (Wildman–Crippen MR) is 95.9 cm³/mol. The minimum atomic E-state index is -0.860. The first-order valence-corrected chi connectivity index (χ1v) is 8.44. The van der Waals surface area contributed by atoms with Gasteiger partial charge in [-0.2, -0.15) is 0 Å². The molecule has 0 spiro atoms. The highest BCUT2D eigenvalue weighted by Gasteiger charge is 2.37. The maximum atomic E-state index is 12.4. The van der Waals surface area contributed by atoms with Crippen molar-refractivity contribution in [1.29, 1.82) is 0 Å². The zero-order chi connectivity index (χ0) is 18.9. The van der Waals surface area contributed by atoms with Crippen LogP contribution in [0.4, 0.5) is 0 Å². The van der Waals surface area contributed by atoms with Gasteiger partial charge < -0.3 is 5.73 Å². The second-order valence-electron chi connectivity index (χ2n) is 6.82. The second-order valence-corrected chi connectivity index (χ2v) is 6.82. The number of carbonyl (C=O) groups is 3. The molecule has 1 aromatic heterocycles. The highest BCUT2D eigenvalue weighted by Crippen LogP contribution is 2.31. The molecule has 0 fully saturated rings. The molecule has 3 heterocycles. The number of pyridine rings is 1. The van der Waals surface area contributed by atoms with Crippen LogP contribution in [0.1, 0.15) is 37.4 Å². The topological polar surface area (TPSA) is 118 Å². The van der Waals surface area contributed by atoms with Gasteiger partial charge in [0.15, 0.2) is 17.5 Å². The van der Waals surface area contributed by atoms with Crippen molar-refractivity contribution in [2.45, 2.75) is 38.1 Å². The molecule has 3 rings (SSSR count). The van der Waals surface area contributed by atoms with E-state index in [-0.39, 0.29) is 42.8 Å². The largest absolute Gasteiger partial charge is 0.369 e. The number of rotatable bonds is 4. The fourth-order valence-corrected chi connectivity index (χ4v) is 3.05. The second kappa shape index (κ2) is 6.78. The molecule has 0 aromatic carbocycles. The number of nitrogens with zero attached hydrogens (tertiary/aromatic N) is 4. The van der Waals surface area contributed by atoms with Crippen molar-refractivity contribution in [2.24, 2.45) is 15.7 Å². The number of carbonyl (C=O) groups excluding carboxylic acids is 3. The van der Waals surface area contributed by atoms with Gasteiger partial charge in [0.1, 0.15) is 5.54 Å². The Bertz CT molecular complexity index is 845. The summed E-state index contributed by atoms with van der Waals surface area (Å²) in [6.45, 7) is 1.89. The Morgan fingerprint density at radius 1 is 1.35 bits per heavy atom. The minimum absolute atomic E-state index is 0.0584. The summed E-state index contributed by atoms with van der Waals surface area (Å²) in [6.07, 6.45) is 2.70. The van der Waals surface area contributed by atoms with E-state index < -0.39 is 5.54 Å². The first kappa shape index (κ1) is 17.9. The lowest BCUT2D eigenvalue weighted by Gasteiger charge is -2.32. The zero-order valence-electron chi connectivity index (χ0n) is 14.9. The summed E-state index contributed by atoms with van der Waals surface area (Å²) in [5.41, 5.74) is 6.80. The van der Waals surface area contributed by atoms with Gasteiger partial charge in [-0.15, -0.1) is 0 Å². The highest BCUT2D eigenvalue weighted by atomic mass is 16.2. The van der Waals surface area contributed by atoms with Gasteiger partial charge in [0.05, 0.1) is 24.4 Å². The van der Waals surface area contributed by atoms with Gasteiger partial charge in [-0.05, 0) is 31.0 Å².